The summed E-state index contributed by atoms with van der Waals surface area (Å²) in [6, 6.07) is 3.65. The molecule has 0 amide bonds. The predicted octanol–water partition coefficient (Wildman–Crippen LogP) is 3.74. The van der Waals surface area contributed by atoms with Crippen LogP contribution in [0.25, 0.3) is 5.69 Å². The zero-order valence-corrected chi connectivity index (χ0v) is 11.6. The number of alkyl halides is 3. The van der Waals surface area contributed by atoms with Gasteiger partial charge < -0.3 is 5.73 Å². The van der Waals surface area contributed by atoms with Crippen LogP contribution in [0, 0.1) is 0 Å². The summed E-state index contributed by atoms with van der Waals surface area (Å²) in [4.78, 5) is 3.89. The second-order valence-electron chi connectivity index (χ2n) is 5.00. The van der Waals surface area contributed by atoms with Gasteiger partial charge in [0.1, 0.15) is 0 Å². The monoisotopic (exact) mass is 303 g/mol. The Labute approximate surface area is 119 Å². The van der Waals surface area contributed by atoms with Gasteiger partial charge in [-0.2, -0.15) is 13.2 Å². The average Bonchev–Trinajstić information content (AvgIpc) is 2.75. The van der Waals surface area contributed by atoms with Crippen LogP contribution in [-0.4, -0.2) is 9.55 Å². The Morgan fingerprint density at radius 2 is 1.90 bits per heavy atom. The first-order chi connectivity index (χ1) is 9.12. The molecular weight excluding hydrogens is 291 g/mol. The van der Waals surface area contributed by atoms with Gasteiger partial charge in [-0.05, 0) is 26.0 Å². The Morgan fingerprint density at radius 3 is 2.45 bits per heavy atom. The van der Waals surface area contributed by atoms with Gasteiger partial charge in [-0.3, -0.25) is 4.57 Å². The number of imidazole rings is 1. The molecule has 2 aromatic rings. The van der Waals surface area contributed by atoms with Crippen molar-refractivity contribution in [1.29, 1.82) is 0 Å². The van der Waals surface area contributed by atoms with Crippen molar-refractivity contribution in [1.82, 2.24) is 9.55 Å². The Morgan fingerprint density at radius 1 is 1.25 bits per heavy atom. The van der Waals surface area contributed by atoms with E-state index in [1.807, 2.05) is 0 Å². The number of rotatable bonds is 2. The van der Waals surface area contributed by atoms with Crippen molar-refractivity contribution < 1.29 is 13.2 Å². The number of aromatic nitrogens is 2. The summed E-state index contributed by atoms with van der Waals surface area (Å²) in [7, 11) is 0. The van der Waals surface area contributed by atoms with E-state index in [1.165, 1.54) is 29.2 Å². The fourth-order valence-corrected chi connectivity index (χ4v) is 2.20. The highest BCUT2D eigenvalue weighted by Crippen LogP contribution is 2.38. The first-order valence-corrected chi connectivity index (χ1v) is 6.18. The quantitative estimate of drug-likeness (QED) is 0.918. The summed E-state index contributed by atoms with van der Waals surface area (Å²) in [6.07, 6.45) is -1.80. The van der Waals surface area contributed by atoms with Crippen LogP contribution in [0.3, 0.4) is 0 Å². The fraction of sp³-hybridized carbons (Fsp3) is 0.308. The van der Waals surface area contributed by atoms with E-state index in [9.17, 15) is 13.2 Å². The molecule has 3 nitrogen and oxygen atoms in total. The van der Waals surface area contributed by atoms with Crippen molar-refractivity contribution in [3.63, 3.8) is 0 Å². The zero-order valence-electron chi connectivity index (χ0n) is 10.9. The smallest absolute Gasteiger partial charge is 0.321 e. The number of benzene rings is 1. The molecule has 0 bridgehead atoms. The van der Waals surface area contributed by atoms with Crippen LogP contribution in [-0.2, 0) is 11.7 Å². The van der Waals surface area contributed by atoms with Gasteiger partial charge in [-0.15, -0.1) is 0 Å². The number of nitrogens with two attached hydrogens (primary N) is 1. The molecular formula is C13H13ClF3N3. The lowest BCUT2D eigenvalue weighted by Crippen LogP contribution is -2.31. The molecule has 0 spiro atoms. The highest BCUT2D eigenvalue weighted by atomic mass is 35.5. The van der Waals surface area contributed by atoms with Crippen molar-refractivity contribution >= 4 is 11.6 Å². The highest BCUT2D eigenvalue weighted by molar-refractivity contribution is 6.32. The van der Waals surface area contributed by atoms with E-state index >= 15 is 0 Å². The molecule has 0 radical (unpaired) electrons. The third-order valence-electron chi connectivity index (χ3n) is 2.83. The maximum atomic E-state index is 13.1. The SMILES string of the molecule is CC(C)(N)c1cncn1-c1c(Cl)cccc1C(F)(F)F. The fourth-order valence-electron chi connectivity index (χ4n) is 1.94. The molecule has 0 saturated heterocycles. The topological polar surface area (TPSA) is 43.8 Å². The molecule has 0 aliphatic rings. The molecule has 0 aliphatic heterocycles. The van der Waals surface area contributed by atoms with E-state index in [0.717, 1.165) is 6.07 Å². The van der Waals surface area contributed by atoms with Crippen molar-refractivity contribution in [2.45, 2.75) is 25.6 Å². The maximum absolute atomic E-state index is 13.1. The Kier molecular flexibility index (Phi) is 3.56. The first-order valence-electron chi connectivity index (χ1n) is 5.80. The third-order valence-corrected chi connectivity index (χ3v) is 3.14. The van der Waals surface area contributed by atoms with Gasteiger partial charge in [-0.25, -0.2) is 4.98 Å². The minimum absolute atomic E-state index is 0.0108. The molecule has 7 heteroatoms. The number of hydrogen-bond donors (Lipinski definition) is 1. The van der Waals surface area contributed by atoms with Gasteiger partial charge in [0.15, 0.2) is 0 Å². The van der Waals surface area contributed by atoms with Crippen LogP contribution >= 0.6 is 11.6 Å². The van der Waals surface area contributed by atoms with E-state index in [4.69, 9.17) is 17.3 Å². The predicted molar refractivity (Wildman–Crippen MR) is 70.8 cm³/mol. The van der Waals surface area contributed by atoms with Crippen molar-refractivity contribution in [3.05, 3.63) is 47.0 Å². The van der Waals surface area contributed by atoms with E-state index in [2.05, 4.69) is 4.98 Å². The van der Waals surface area contributed by atoms with Crippen molar-refractivity contribution in [3.8, 4) is 5.69 Å². The van der Waals surface area contributed by atoms with Gasteiger partial charge in [-0.1, -0.05) is 17.7 Å². The summed E-state index contributed by atoms with van der Waals surface area (Å²) < 4.78 is 40.7. The second kappa shape index (κ2) is 4.79. The summed E-state index contributed by atoms with van der Waals surface area (Å²) in [5.74, 6) is 0. The zero-order chi connectivity index (χ0) is 15.1. The summed E-state index contributed by atoms with van der Waals surface area (Å²) in [5.41, 5.74) is 4.57. The molecule has 0 aliphatic carbocycles. The van der Waals surface area contributed by atoms with Crippen molar-refractivity contribution in [2.75, 3.05) is 0 Å². The van der Waals surface area contributed by atoms with Crippen LogP contribution in [0.15, 0.2) is 30.7 Å². The lowest BCUT2D eigenvalue weighted by Gasteiger charge is -2.23. The van der Waals surface area contributed by atoms with Crippen LogP contribution < -0.4 is 5.73 Å². The molecule has 108 valence electrons. The van der Waals surface area contributed by atoms with Crippen LogP contribution in [0.1, 0.15) is 25.1 Å². The summed E-state index contributed by atoms with van der Waals surface area (Å²) >= 11 is 5.96. The molecule has 0 fully saturated rings. The van der Waals surface area contributed by atoms with E-state index < -0.39 is 17.3 Å². The van der Waals surface area contributed by atoms with E-state index in [-0.39, 0.29) is 10.7 Å². The highest BCUT2D eigenvalue weighted by Gasteiger charge is 2.36. The second-order valence-corrected chi connectivity index (χ2v) is 5.41. The van der Waals surface area contributed by atoms with E-state index in [0.29, 0.717) is 5.69 Å². The molecule has 0 atom stereocenters. The number of hydrogen-bond acceptors (Lipinski definition) is 2. The molecule has 0 unspecified atom stereocenters. The van der Waals surface area contributed by atoms with Gasteiger partial charge in [0.25, 0.3) is 0 Å². The van der Waals surface area contributed by atoms with Crippen LogP contribution in [0.4, 0.5) is 13.2 Å². The van der Waals surface area contributed by atoms with E-state index in [1.54, 1.807) is 13.8 Å². The standard InChI is InChI=1S/C13H13ClF3N3/c1-12(2,18)10-6-19-7-20(10)11-8(13(15,16)17)4-3-5-9(11)14/h3-7H,18H2,1-2H3. The molecule has 2 N–H and O–H groups in total. The summed E-state index contributed by atoms with van der Waals surface area (Å²) in [5, 5.41) is -0.0108. The number of para-hydroxylation sites is 1. The number of nitrogens with zero attached hydrogens (tertiary/aromatic N) is 2. The molecule has 20 heavy (non-hydrogen) atoms. The lowest BCUT2D eigenvalue weighted by atomic mass is 10.0. The Balaban J connectivity index is 2.75. The van der Waals surface area contributed by atoms with Crippen molar-refractivity contribution in [2.24, 2.45) is 5.73 Å². The average molecular weight is 304 g/mol. The maximum Gasteiger partial charge on any atom is 0.418 e. The molecule has 1 aromatic heterocycles. The lowest BCUT2D eigenvalue weighted by molar-refractivity contribution is -0.137. The van der Waals surface area contributed by atoms with Gasteiger partial charge in [0.2, 0.25) is 0 Å². The Bertz CT molecular complexity index is 627. The van der Waals surface area contributed by atoms with Gasteiger partial charge in [0, 0.05) is 0 Å². The third kappa shape index (κ3) is 2.66. The molecule has 1 aromatic carbocycles. The summed E-state index contributed by atoms with van der Waals surface area (Å²) in [6.45, 7) is 3.37. The molecule has 0 saturated carbocycles. The van der Waals surface area contributed by atoms with Crippen LogP contribution in [0.5, 0.6) is 0 Å². The Hall–Kier alpha value is -1.53. The van der Waals surface area contributed by atoms with Gasteiger partial charge >= 0.3 is 6.18 Å². The minimum atomic E-state index is -4.51. The minimum Gasteiger partial charge on any atom is -0.321 e. The normalized spacial score (nSPS) is 12.8. The largest absolute Gasteiger partial charge is 0.418 e. The molecule has 2 rings (SSSR count). The first kappa shape index (κ1) is 14.9. The van der Waals surface area contributed by atoms with Gasteiger partial charge in [0.05, 0.1) is 40.0 Å². The van der Waals surface area contributed by atoms with Crippen LogP contribution in [0.2, 0.25) is 5.02 Å². The molecule has 1 heterocycles. The number of halogens is 4.